The number of benzene rings is 1. The summed E-state index contributed by atoms with van der Waals surface area (Å²) in [6.45, 7) is 6.12. The fourth-order valence-corrected chi connectivity index (χ4v) is 3.88. The highest BCUT2D eigenvalue weighted by atomic mass is 32.1. The first-order chi connectivity index (χ1) is 12.5. The van der Waals surface area contributed by atoms with Crippen molar-refractivity contribution in [1.82, 2.24) is 10.9 Å². The first kappa shape index (κ1) is 18.2. The fourth-order valence-electron chi connectivity index (χ4n) is 2.87. The van der Waals surface area contributed by atoms with E-state index in [2.05, 4.69) is 24.7 Å². The zero-order valence-corrected chi connectivity index (χ0v) is 16.0. The summed E-state index contributed by atoms with van der Waals surface area (Å²) in [6, 6.07) is 7.84. The van der Waals surface area contributed by atoms with E-state index in [-0.39, 0.29) is 18.2 Å². The third kappa shape index (κ3) is 3.80. The monoisotopic (exact) mass is 370 g/mol. The van der Waals surface area contributed by atoms with Crippen molar-refractivity contribution in [3.8, 4) is 0 Å². The van der Waals surface area contributed by atoms with Crippen LogP contribution in [0.2, 0.25) is 0 Å². The van der Waals surface area contributed by atoms with E-state index in [1.165, 1.54) is 21.8 Å². The number of amides is 2. The number of carbonyl (C=O) groups excluding carboxylic acids is 2. The summed E-state index contributed by atoms with van der Waals surface area (Å²) in [7, 11) is 0. The highest BCUT2D eigenvalue weighted by Crippen LogP contribution is 2.23. The molecule has 0 aliphatic rings. The van der Waals surface area contributed by atoms with Gasteiger partial charge in [-0.3, -0.25) is 20.4 Å². The van der Waals surface area contributed by atoms with E-state index in [4.69, 9.17) is 4.42 Å². The molecule has 2 amide bonds. The number of hydrogen-bond acceptors (Lipinski definition) is 4. The molecule has 0 aliphatic heterocycles. The summed E-state index contributed by atoms with van der Waals surface area (Å²) in [5.74, 6) is -0.583. The van der Waals surface area contributed by atoms with E-state index in [9.17, 15) is 9.59 Å². The Hall–Kier alpha value is -2.60. The fraction of sp³-hybridized carbons (Fsp3) is 0.300. The number of aryl methyl sites for hydroxylation is 3. The predicted molar refractivity (Wildman–Crippen MR) is 103 cm³/mol. The van der Waals surface area contributed by atoms with Crippen LogP contribution in [-0.4, -0.2) is 11.8 Å². The molecular formula is C20H22N2O3S. The number of furan rings is 1. The number of thiophene rings is 1. The maximum Gasteiger partial charge on any atom is 0.279 e. The van der Waals surface area contributed by atoms with Crippen LogP contribution in [0, 0.1) is 6.92 Å². The molecule has 3 aromatic rings. The topological polar surface area (TPSA) is 71.3 Å². The molecule has 5 nitrogen and oxygen atoms in total. The Labute approximate surface area is 156 Å². The molecule has 0 fully saturated rings. The van der Waals surface area contributed by atoms with Crippen LogP contribution in [0.25, 0.3) is 11.0 Å². The van der Waals surface area contributed by atoms with Gasteiger partial charge in [-0.1, -0.05) is 26.0 Å². The Kier molecular flexibility index (Phi) is 5.42. The summed E-state index contributed by atoms with van der Waals surface area (Å²) in [4.78, 5) is 26.1. The van der Waals surface area contributed by atoms with Gasteiger partial charge in [-0.2, -0.15) is 0 Å². The quantitative estimate of drug-likeness (QED) is 0.669. The highest BCUT2D eigenvalue weighted by molar-refractivity contribution is 7.14. The molecule has 26 heavy (non-hydrogen) atoms. The molecule has 136 valence electrons. The molecule has 0 aliphatic carbocycles. The third-order valence-electron chi connectivity index (χ3n) is 4.36. The Bertz CT molecular complexity index is 955. The normalized spacial score (nSPS) is 10.9. The van der Waals surface area contributed by atoms with Crippen LogP contribution in [0.1, 0.15) is 45.1 Å². The van der Waals surface area contributed by atoms with E-state index < -0.39 is 0 Å². The lowest BCUT2D eigenvalue weighted by Gasteiger charge is -2.05. The van der Waals surface area contributed by atoms with Gasteiger partial charge in [-0.25, -0.2) is 0 Å². The van der Waals surface area contributed by atoms with Crippen LogP contribution in [-0.2, 0) is 24.1 Å². The van der Waals surface area contributed by atoms with Crippen molar-refractivity contribution in [3.63, 3.8) is 0 Å². The number of nitrogens with one attached hydrogen (secondary N) is 2. The van der Waals surface area contributed by atoms with Gasteiger partial charge in [-0.05, 0) is 43.0 Å². The number of hydrazine groups is 1. The van der Waals surface area contributed by atoms with Crippen molar-refractivity contribution >= 4 is 34.1 Å². The van der Waals surface area contributed by atoms with Crippen LogP contribution in [0.4, 0.5) is 0 Å². The van der Waals surface area contributed by atoms with E-state index in [0.717, 1.165) is 34.9 Å². The van der Waals surface area contributed by atoms with Crippen molar-refractivity contribution in [2.45, 2.75) is 40.0 Å². The highest BCUT2D eigenvalue weighted by Gasteiger charge is 2.14. The van der Waals surface area contributed by atoms with E-state index in [1.807, 2.05) is 31.2 Å². The first-order valence-electron chi connectivity index (χ1n) is 8.69. The molecule has 2 aromatic heterocycles. The molecule has 1 aromatic carbocycles. The van der Waals surface area contributed by atoms with Crippen molar-refractivity contribution in [2.75, 3.05) is 0 Å². The first-order valence-corrected chi connectivity index (χ1v) is 9.51. The van der Waals surface area contributed by atoms with Crippen LogP contribution in [0.3, 0.4) is 0 Å². The minimum absolute atomic E-state index is 0.141. The molecule has 0 radical (unpaired) electrons. The standard InChI is InChI=1S/C20H22N2O3S/c1-4-13-6-7-15-14(11-25-16(15)9-13)10-19(23)21-22-20(24)18-8-12(3)17(5-2)26-18/h6-9,11H,4-5,10H2,1-3H3,(H,21,23)(H,22,24). The average Bonchev–Trinajstić information content (AvgIpc) is 3.22. The molecule has 0 spiro atoms. The SMILES string of the molecule is CCc1ccc2c(CC(=O)NNC(=O)c3cc(C)c(CC)s3)coc2c1. The molecule has 0 saturated carbocycles. The van der Waals surface area contributed by atoms with Gasteiger partial charge in [-0.15, -0.1) is 11.3 Å². The van der Waals surface area contributed by atoms with Crippen molar-refractivity contribution in [2.24, 2.45) is 0 Å². The molecule has 0 saturated heterocycles. The second-order valence-electron chi connectivity index (χ2n) is 6.19. The van der Waals surface area contributed by atoms with Gasteiger partial charge in [0.25, 0.3) is 5.91 Å². The Morgan fingerprint density at radius 1 is 1.12 bits per heavy atom. The molecule has 2 heterocycles. The minimum Gasteiger partial charge on any atom is -0.464 e. The van der Waals surface area contributed by atoms with E-state index >= 15 is 0 Å². The smallest absolute Gasteiger partial charge is 0.279 e. The number of hydrogen-bond donors (Lipinski definition) is 2. The maximum absolute atomic E-state index is 12.2. The van der Waals surface area contributed by atoms with Gasteiger partial charge in [0.15, 0.2) is 0 Å². The summed E-state index contributed by atoms with van der Waals surface area (Å²) in [6.07, 6.45) is 3.56. The summed E-state index contributed by atoms with van der Waals surface area (Å²) >= 11 is 1.45. The van der Waals surface area contributed by atoms with Crippen LogP contribution in [0.5, 0.6) is 0 Å². The van der Waals surface area contributed by atoms with Crippen LogP contribution in [0.15, 0.2) is 34.9 Å². The van der Waals surface area contributed by atoms with Crippen molar-refractivity contribution in [1.29, 1.82) is 0 Å². The molecule has 0 bridgehead atoms. The Balaban J connectivity index is 1.61. The number of carbonyl (C=O) groups is 2. The van der Waals surface area contributed by atoms with Crippen LogP contribution < -0.4 is 10.9 Å². The van der Waals surface area contributed by atoms with Gasteiger partial charge >= 0.3 is 0 Å². The average molecular weight is 370 g/mol. The van der Waals surface area contributed by atoms with Gasteiger partial charge in [0.2, 0.25) is 5.91 Å². The summed E-state index contributed by atoms with van der Waals surface area (Å²) in [5.41, 5.74) is 8.83. The molecular weight excluding hydrogens is 348 g/mol. The summed E-state index contributed by atoms with van der Waals surface area (Å²) in [5, 5.41) is 0.921. The van der Waals surface area contributed by atoms with E-state index in [1.54, 1.807) is 6.26 Å². The lowest BCUT2D eigenvalue weighted by atomic mass is 10.1. The molecule has 3 rings (SSSR count). The lowest BCUT2D eigenvalue weighted by molar-refractivity contribution is -0.121. The number of fused-ring (bicyclic) bond motifs is 1. The van der Waals surface area contributed by atoms with Gasteiger partial charge < -0.3 is 4.42 Å². The van der Waals surface area contributed by atoms with Crippen LogP contribution >= 0.6 is 11.3 Å². The maximum atomic E-state index is 12.2. The van der Waals surface area contributed by atoms with E-state index in [0.29, 0.717) is 4.88 Å². The second-order valence-corrected chi connectivity index (χ2v) is 7.33. The predicted octanol–water partition coefficient (Wildman–Crippen LogP) is 3.93. The minimum atomic E-state index is -0.296. The van der Waals surface area contributed by atoms with Gasteiger partial charge in [0.05, 0.1) is 17.6 Å². The molecule has 0 atom stereocenters. The largest absolute Gasteiger partial charge is 0.464 e. The van der Waals surface area contributed by atoms with Crippen molar-refractivity contribution < 1.29 is 14.0 Å². The molecule has 0 unspecified atom stereocenters. The lowest BCUT2D eigenvalue weighted by Crippen LogP contribution is -2.42. The molecule has 6 heteroatoms. The zero-order chi connectivity index (χ0) is 18.7. The molecule has 2 N–H and O–H groups in total. The summed E-state index contributed by atoms with van der Waals surface area (Å²) < 4.78 is 5.55. The zero-order valence-electron chi connectivity index (χ0n) is 15.1. The van der Waals surface area contributed by atoms with Crippen molar-refractivity contribution in [3.05, 3.63) is 57.0 Å². The van der Waals surface area contributed by atoms with Gasteiger partial charge in [0.1, 0.15) is 5.58 Å². The van der Waals surface area contributed by atoms with Gasteiger partial charge in [0, 0.05) is 15.8 Å². The second kappa shape index (κ2) is 7.74. The number of rotatable bonds is 5. The Morgan fingerprint density at radius 2 is 1.92 bits per heavy atom. The third-order valence-corrected chi connectivity index (χ3v) is 5.74. The Morgan fingerprint density at radius 3 is 2.62 bits per heavy atom.